The van der Waals surface area contributed by atoms with E-state index in [1.165, 1.54) is 72.3 Å². The van der Waals surface area contributed by atoms with Gasteiger partial charge in [0, 0.05) is 11.4 Å². The van der Waals surface area contributed by atoms with E-state index in [9.17, 15) is 0 Å². The number of anilines is 3. The Morgan fingerprint density at radius 3 is 1.32 bits per heavy atom. The van der Waals surface area contributed by atoms with Crippen molar-refractivity contribution in [1.29, 1.82) is 0 Å². The normalized spacial score (nSPS) is 13.9. The van der Waals surface area contributed by atoms with E-state index >= 15 is 0 Å². The standard InChI is InChI=1S/C74H47NO2/c1-4-20-48(21-5-1)50-22-18-27-55(44-50)75(54-41-38-49(39-42-54)51-40-43-60-58-30-10-14-32-62(58)73(66(60)45-51,52-23-6-2-7-24-52)53-25-8-3-9-26-53)68-36-19-37-69-72(68)77-70-46-61-59-31-13-17-35-65(59)74(67(61)47-71(70)76-69)63-33-15-11-28-56(63)57-29-12-16-34-64(57)74/h1-47H. The van der Waals surface area contributed by atoms with E-state index in [4.69, 9.17) is 9.47 Å². The number of benzene rings is 12. The summed E-state index contributed by atoms with van der Waals surface area (Å²) in [5.41, 5.74) is 24.0. The molecule has 1 heterocycles. The van der Waals surface area contributed by atoms with E-state index in [2.05, 4.69) is 284 Å². The summed E-state index contributed by atoms with van der Waals surface area (Å²) in [6, 6.07) is 104. The minimum Gasteiger partial charge on any atom is -0.449 e. The zero-order valence-corrected chi connectivity index (χ0v) is 41.9. The van der Waals surface area contributed by atoms with E-state index < -0.39 is 10.8 Å². The first-order valence-electron chi connectivity index (χ1n) is 26.6. The molecule has 0 bridgehead atoms. The van der Waals surface area contributed by atoms with Crippen molar-refractivity contribution in [3.63, 3.8) is 0 Å². The lowest BCUT2D eigenvalue weighted by atomic mass is 9.67. The van der Waals surface area contributed by atoms with Crippen LogP contribution in [0.15, 0.2) is 285 Å². The van der Waals surface area contributed by atoms with Crippen LogP contribution in [0.25, 0.3) is 55.6 Å². The van der Waals surface area contributed by atoms with Crippen molar-refractivity contribution in [1.82, 2.24) is 0 Å². The lowest BCUT2D eigenvalue weighted by Gasteiger charge is -2.34. The molecule has 12 aromatic rings. The van der Waals surface area contributed by atoms with Crippen LogP contribution in [0.1, 0.15) is 44.5 Å². The Bertz CT molecular complexity index is 4250. The van der Waals surface area contributed by atoms with Gasteiger partial charge < -0.3 is 14.4 Å². The summed E-state index contributed by atoms with van der Waals surface area (Å²) in [7, 11) is 0. The van der Waals surface area contributed by atoms with Gasteiger partial charge in [-0.25, -0.2) is 0 Å². The summed E-state index contributed by atoms with van der Waals surface area (Å²) >= 11 is 0. The van der Waals surface area contributed by atoms with E-state index in [0.717, 1.165) is 44.9 Å². The van der Waals surface area contributed by atoms with Crippen LogP contribution >= 0.6 is 0 Å². The van der Waals surface area contributed by atoms with Crippen LogP contribution in [0, 0.1) is 0 Å². The zero-order chi connectivity index (χ0) is 50.7. The monoisotopic (exact) mass is 981 g/mol. The molecular formula is C74H47NO2. The second-order valence-corrected chi connectivity index (χ2v) is 20.6. The van der Waals surface area contributed by atoms with Crippen molar-refractivity contribution in [3.8, 4) is 78.6 Å². The molecule has 0 saturated carbocycles. The predicted molar refractivity (Wildman–Crippen MR) is 312 cm³/mol. The predicted octanol–water partition coefficient (Wildman–Crippen LogP) is 19.1. The molecule has 16 rings (SSSR count). The number of rotatable bonds is 7. The second-order valence-electron chi connectivity index (χ2n) is 20.6. The molecule has 77 heavy (non-hydrogen) atoms. The van der Waals surface area contributed by atoms with Crippen LogP contribution in [-0.4, -0.2) is 0 Å². The number of para-hydroxylation sites is 1. The van der Waals surface area contributed by atoms with Crippen LogP contribution in [-0.2, 0) is 10.8 Å². The summed E-state index contributed by atoms with van der Waals surface area (Å²) in [5.74, 6) is 2.70. The number of hydrogen-bond donors (Lipinski definition) is 0. The van der Waals surface area contributed by atoms with E-state index in [-0.39, 0.29) is 0 Å². The van der Waals surface area contributed by atoms with Gasteiger partial charge in [-0.2, -0.15) is 0 Å². The van der Waals surface area contributed by atoms with Gasteiger partial charge in [-0.05, 0) is 155 Å². The quantitative estimate of drug-likeness (QED) is 0.159. The van der Waals surface area contributed by atoms with E-state index in [0.29, 0.717) is 23.0 Å². The van der Waals surface area contributed by atoms with Crippen LogP contribution in [0.2, 0.25) is 0 Å². The Hall–Kier alpha value is -9.96. The molecule has 3 aliphatic carbocycles. The highest BCUT2D eigenvalue weighted by Crippen LogP contribution is 2.65. The van der Waals surface area contributed by atoms with E-state index in [1.807, 2.05) is 6.07 Å². The Balaban J connectivity index is 0.829. The van der Waals surface area contributed by atoms with Crippen molar-refractivity contribution in [3.05, 3.63) is 330 Å². The molecule has 0 fully saturated rings. The maximum atomic E-state index is 7.27. The SMILES string of the molecule is c1ccc(-c2cccc(N(c3ccc(-c4ccc5c(c4)C(c4ccccc4)(c4ccccc4)c4ccccc4-5)cc3)c3cccc4c3Oc3cc5c(cc3O4)C3(c4ccccc4-c4ccccc43)c3ccccc3-5)c2)cc1. The summed E-state index contributed by atoms with van der Waals surface area (Å²) in [6.07, 6.45) is 0. The van der Waals surface area contributed by atoms with Gasteiger partial charge in [0.1, 0.15) is 0 Å². The first-order valence-corrected chi connectivity index (χ1v) is 26.6. The fourth-order valence-electron chi connectivity index (χ4n) is 13.7. The molecule has 0 radical (unpaired) electrons. The molecule has 1 aliphatic heterocycles. The van der Waals surface area contributed by atoms with Gasteiger partial charge in [-0.1, -0.05) is 231 Å². The fourth-order valence-corrected chi connectivity index (χ4v) is 13.7. The van der Waals surface area contributed by atoms with Crippen LogP contribution in [0.3, 0.4) is 0 Å². The Morgan fingerprint density at radius 2 is 0.701 bits per heavy atom. The number of hydrogen-bond acceptors (Lipinski definition) is 3. The summed E-state index contributed by atoms with van der Waals surface area (Å²) in [5, 5.41) is 0. The maximum Gasteiger partial charge on any atom is 0.194 e. The van der Waals surface area contributed by atoms with Crippen molar-refractivity contribution in [2.75, 3.05) is 4.90 Å². The largest absolute Gasteiger partial charge is 0.449 e. The van der Waals surface area contributed by atoms with Crippen LogP contribution in [0.5, 0.6) is 23.0 Å². The lowest BCUT2D eigenvalue weighted by molar-refractivity contribution is 0.360. The topological polar surface area (TPSA) is 21.7 Å². The molecule has 360 valence electrons. The molecule has 4 aliphatic rings. The molecule has 0 amide bonds. The lowest BCUT2D eigenvalue weighted by Crippen LogP contribution is -2.28. The molecule has 0 N–H and O–H groups in total. The van der Waals surface area contributed by atoms with Crippen molar-refractivity contribution in [2.45, 2.75) is 10.8 Å². The fraction of sp³-hybridized carbons (Fsp3) is 0.0270. The highest BCUT2D eigenvalue weighted by Gasteiger charge is 2.52. The van der Waals surface area contributed by atoms with E-state index in [1.54, 1.807) is 0 Å². The molecule has 0 aromatic heterocycles. The molecule has 3 heteroatoms. The Kier molecular flexibility index (Phi) is 9.47. The third kappa shape index (κ3) is 6.20. The Morgan fingerprint density at radius 1 is 0.247 bits per heavy atom. The van der Waals surface area contributed by atoms with Gasteiger partial charge in [-0.3, -0.25) is 0 Å². The molecular weight excluding hydrogens is 935 g/mol. The molecule has 3 nitrogen and oxygen atoms in total. The summed E-state index contributed by atoms with van der Waals surface area (Å²) < 4.78 is 14.4. The summed E-state index contributed by atoms with van der Waals surface area (Å²) in [6.45, 7) is 0. The Labute approximate surface area is 448 Å². The van der Waals surface area contributed by atoms with Crippen molar-refractivity contribution < 1.29 is 9.47 Å². The van der Waals surface area contributed by atoms with Gasteiger partial charge in [0.15, 0.2) is 23.0 Å². The van der Waals surface area contributed by atoms with Crippen molar-refractivity contribution in [2.24, 2.45) is 0 Å². The smallest absolute Gasteiger partial charge is 0.194 e. The molecule has 0 saturated heterocycles. The molecule has 0 atom stereocenters. The highest BCUT2D eigenvalue weighted by atomic mass is 16.6. The maximum absolute atomic E-state index is 7.27. The van der Waals surface area contributed by atoms with Gasteiger partial charge in [-0.15, -0.1) is 0 Å². The minimum absolute atomic E-state index is 0.490. The molecule has 12 aromatic carbocycles. The van der Waals surface area contributed by atoms with Gasteiger partial charge in [0.2, 0.25) is 0 Å². The number of fused-ring (bicyclic) bond motifs is 15. The molecule has 0 unspecified atom stereocenters. The number of nitrogens with zero attached hydrogens (tertiary/aromatic N) is 1. The van der Waals surface area contributed by atoms with Gasteiger partial charge in [0.25, 0.3) is 0 Å². The highest BCUT2D eigenvalue weighted by molar-refractivity contribution is 5.97. The number of ether oxygens (including phenoxy) is 2. The minimum atomic E-state index is -0.496. The summed E-state index contributed by atoms with van der Waals surface area (Å²) in [4.78, 5) is 2.31. The first-order chi connectivity index (χ1) is 38.2. The van der Waals surface area contributed by atoms with Crippen LogP contribution < -0.4 is 14.4 Å². The van der Waals surface area contributed by atoms with Crippen LogP contribution in [0.4, 0.5) is 17.1 Å². The van der Waals surface area contributed by atoms with Crippen molar-refractivity contribution >= 4 is 17.1 Å². The third-order valence-electron chi connectivity index (χ3n) is 16.8. The average molecular weight is 982 g/mol. The third-order valence-corrected chi connectivity index (χ3v) is 16.8. The second kappa shape index (κ2) is 16.8. The first kappa shape index (κ1) is 43.4. The van der Waals surface area contributed by atoms with Gasteiger partial charge in [0.05, 0.1) is 16.5 Å². The average Bonchev–Trinajstić information content (AvgIpc) is 4.26. The molecule has 1 spiro atoms. The zero-order valence-electron chi connectivity index (χ0n) is 41.9. The van der Waals surface area contributed by atoms with Gasteiger partial charge >= 0.3 is 0 Å².